The van der Waals surface area contributed by atoms with Gasteiger partial charge in [0.15, 0.2) is 0 Å². The van der Waals surface area contributed by atoms with Crippen LogP contribution in [-0.4, -0.2) is 0 Å². The highest BCUT2D eigenvalue weighted by Gasteiger charge is 2.03. The number of ether oxygens (including phenoxy) is 2. The minimum absolute atomic E-state index is 0.403. The first-order valence-electron chi connectivity index (χ1n) is 7.20. The zero-order valence-corrected chi connectivity index (χ0v) is 15.6. The molecule has 0 aliphatic rings. The molecule has 0 fully saturated rings. The first-order chi connectivity index (χ1) is 11.6. The van der Waals surface area contributed by atoms with Crippen molar-refractivity contribution >= 4 is 39.1 Å². The van der Waals surface area contributed by atoms with Gasteiger partial charge in [0.25, 0.3) is 0 Å². The van der Waals surface area contributed by atoms with Gasteiger partial charge in [0, 0.05) is 20.1 Å². The quantitative estimate of drug-likeness (QED) is 0.434. The molecule has 0 spiro atoms. The van der Waals surface area contributed by atoms with E-state index in [0.29, 0.717) is 28.2 Å². The molecule has 0 heterocycles. The predicted octanol–water partition coefficient (Wildman–Crippen LogP) is 7.13. The second-order valence-corrected chi connectivity index (χ2v) is 6.81. The van der Waals surface area contributed by atoms with Crippen molar-refractivity contribution in [2.75, 3.05) is 0 Å². The van der Waals surface area contributed by atoms with Crippen LogP contribution in [0.15, 0.2) is 71.2 Å². The van der Waals surface area contributed by atoms with E-state index in [0.717, 1.165) is 15.8 Å². The van der Waals surface area contributed by atoms with Crippen LogP contribution < -0.4 is 9.47 Å². The summed E-state index contributed by atoms with van der Waals surface area (Å²) in [7, 11) is 0. The molecule has 0 N–H and O–H groups in total. The summed E-state index contributed by atoms with van der Waals surface area (Å²) in [6.07, 6.45) is 0. The van der Waals surface area contributed by atoms with E-state index >= 15 is 0 Å². The number of halogens is 3. The van der Waals surface area contributed by atoms with E-state index in [9.17, 15) is 0 Å². The smallest absolute Gasteiger partial charge is 0.128 e. The van der Waals surface area contributed by atoms with Crippen LogP contribution in [-0.2, 0) is 6.61 Å². The molecule has 0 aromatic heterocycles. The molecule has 0 radical (unpaired) electrons. The van der Waals surface area contributed by atoms with Gasteiger partial charge in [0.2, 0.25) is 0 Å². The fourth-order valence-electron chi connectivity index (χ4n) is 2.07. The van der Waals surface area contributed by atoms with E-state index in [-0.39, 0.29) is 0 Å². The summed E-state index contributed by atoms with van der Waals surface area (Å²) in [5.74, 6) is 2.15. The van der Waals surface area contributed by atoms with Crippen molar-refractivity contribution in [1.82, 2.24) is 0 Å². The molecule has 0 unspecified atom stereocenters. The van der Waals surface area contributed by atoms with E-state index in [2.05, 4.69) is 15.9 Å². The predicted molar refractivity (Wildman–Crippen MR) is 101 cm³/mol. The van der Waals surface area contributed by atoms with Crippen molar-refractivity contribution in [3.63, 3.8) is 0 Å². The molecule has 0 saturated heterocycles. The first kappa shape index (κ1) is 17.2. The van der Waals surface area contributed by atoms with E-state index in [1.807, 2.05) is 54.6 Å². The fraction of sp³-hybridized carbons (Fsp3) is 0.0526. The van der Waals surface area contributed by atoms with Crippen LogP contribution in [0.25, 0.3) is 0 Å². The largest absolute Gasteiger partial charge is 0.489 e. The summed E-state index contributed by atoms with van der Waals surface area (Å²) in [5.41, 5.74) is 0.930. The molecule has 24 heavy (non-hydrogen) atoms. The van der Waals surface area contributed by atoms with Gasteiger partial charge in [-0.3, -0.25) is 0 Å². The highest BCUT2D eigenvalue weighted by molar-refractivity contribution is 9.10. The third kappa shape index (κ3) is 4.67. The van der Waals surface area contributed by atoms with Crippen molar-refractivity contribution in [1.29, 1.82) is 0 Å². The van der Waals surface area contributed by atoms with Gasteiger partial charge in [0.05, 0.1) is 0 Å². The molecule has 5 heteroatoms. The Hall–Kier alpha value is -1.68. The van der Waals surface area contributed by atoms with Gasteiger partial charge in [-0.1, -0.05) is 51.3 Å². The van der Waals surface area contributed by atoms with Gasteiger partial charge in [-0.15, -0.1) is 0 Å². The van der Waals surface area contributed by atoms with Crippen LogP contribution in [0.4, 0.5) is 0 Å². The van der Waals surface area contributed by atoms with Gasteiger partial charge in [-0.05, 0) is 54.6 Å². The lowest BCUT2D eigenvalue weighted by Gasteiger charge is -2.10. The molecule has 2 nitrogen and oxygen atoms in total. The number of hydrogen-bond donors (Lipinski definition) is 0. The lowest BCUT2D eigenvalue weighted by molar-refractivity contribution is 0.306. The number of rotatable bonds is 5. The molecule has 0 atom stereocenters. The maximum atomic E-state index is 6.18. The third-order valence-corrected chi connectivity index (χ3v) is 4.35. The van der Waals surface area contributed by atoms with Gasteiger partial charge in [0.1, 0.15) is 23.9 Å². The molecule has 3 aromatic carbocycles. The van der Waals surface area contributed by atoms with Gasteiger partial charge in [-0.25, -0.2) is 0 Å². The summed E-state index contributed by atoms with van der Waals surface area (Å²) >= 11 is 15.5. The molecule has 0 aliphatic heterocycles. The summed E-state index contributed by atoms with van der Waals surface area (Å²) < 4.78 is 12.4. The molecular weight excluding hydrogens is 411 g/mol. The Kier molecular flexibility index (Phi) is 5.67. The summed E-state index contributed by atoms with van der Waals surface area (Å²) in [5, 5.41) is 1.31. The number of hydrogen-bond acceptors (Lipinski definition) is 2. The van der Waals surface area contributed by atoms with Crippen LogP contribution in [0.2, 0.25) is 10.0 Å². The Bertz CT molecular complexity index is 835. The average Bonchev–Trinajstić information content (AvgIpc) is 2.55. The van der Waals surface area contributed by atoms with Crippen LogP contribution in [0, 0.1) is 0 Å². The lowest BCUT2D eigenvalue weighted by atomic mass is 10.2. The van der Waals surface area contributed by atoms with E-state index < -0.39 is 0 Å². The summed E-state index contributed by atoms with van der Waals surface area (Å²) in [6.45, 7) is 0.403. The van der Waals surface area contributed by atoms with Gasteiger partial charge < -0.3 is 9.47 Å². The maximum absolute atomic E-state index is 6.18. The van der Waals surface area contributed by atoms with Crippen LogP contribution in [0.1, 0.15) is 5.56 Å². The lowest BCUT2D eigenvalue weighted by Crippen LogP contribution is -1.96. The highest BCUT2D eigenvalue weighted by Crippen LogP contribution is 2.27. The van der Waals surface area contributed by atoms with E-state index in [1.54, 1.807) is 12.1 Å². The Labute approximate surface area is 159 Å². The Morgan fingerprint density at radius 2 is 1.54 bits per heavy atom. The van der Waals surface area contributed by atoms with Crippen molar-refractivity contribution in [2.24, 2.45) is 0 Å². The fourth-order valence-corrected chi connectivity index (χ4v) is 2.98. The van der Waals surface area contributed by atoms with Crippen LogP contribution in [0.5, 0.6) is 17.2 Å². The molecule has 0 aliphatic carbocycles. The van der Waals surface area contributed by atoms with Crippen molar-refractivity contribution in [3.05, 3.63) is 86.8 Å². The summed E-state index contributed by atoms with van der Waals surface area (Å²) in [4.78, 5) is 0. The van der Waals surface area contributed by atoms with Gasteiger partial charge >= 0.3 is 0 Å². The second kappa shape index (κ2) is 7.93. The zero-order chi connectivity index (χ0) is 16.9. The van der Waals surface area contributed by atoms with Crippen molar-refractivity contribution in [2.45, 2.75) is 6.61 Å². The van der Waals surface area contributed by atoms with Gasteiger partial charge in [-0.2, -0.15) is 0 Å². The van der Waals surface area contributed by atoms with Crippen LogP contribution >= 0.6 is 39.1 Å². The molecule has 122 valence electrons. The SMILES string of the molecule is Clc1cccc(Oc2ccc(OCc3ccc(Br)cc3Cl)cc2)c1. The molecule has 0 saturated carbocycles. The molecule has 0 bridgehead atoms. The van der Waals surface area contributed by atoms with Crippen molar-refractivity contribution in [3.8, 4) is 17.2 Å². The standard InChI is InChI=1S/C19H13BrCl2O2/c20-14-5-4-13(19(22)10-14)12-23-16-6-8-17(9-7-16)24-18-3-1-2-15(21)11-18/h1-11H,12H2. The monoisotopic (exact) mass is 422 g/mol. The minimum Gasteiger partial charge on any atom is -0.489 e. The first-order valence-corrected chi connectivity index (χ1v) is 8.75. The summed E-state index contributed by atoms with van der Waals surface area (Å²) in [6, 6.07) is 20.4. The Morgan fingerprint density at radius 3 is 2.25 bits per heavy atom. The Balaban J connectivity index is 1.62. The zero-order valence-electron chi connectivity index (χ0n) is 12.5. The Morgan fingerprint density at radius 1 is 0.792 bits per heavy atom. The molecule has 3 rings (SSSR count). The minimum atomic E-state index is 0.403. The highest BCUT2D eigenvalue weighted by atomic mass is 79.9. The number of benzene rings is 3. The third-order valence-electron chi connectivity index (χ3n) is 3.26. The topological polar surface area (TPSA) is 18.5 Å². The maximum Gasteiger partial charge on any atom is 0.128 e. The molecule has 3 aromatic rings. The molecule has 0 amide bonds. The van der Waals surface area contributed by atoms with E-state index in [1.165, 1.54) is 0 Å². The average molecular weight is 424 g/mol. The normalized spacial score (nSPS) is 10.5. The molecular formula is C19H13BrCl2O2. The van der Waals surface area contributed by atoms with E-state index in [4.69, 9.17) is 32.7 Å². The van der Waals surface area contributed by atoms with Crippen LogP contribution in [0.3, 0.4) is 0 Å². The van der Waals surface area contributed by atoms with Crippen molar-refractivity contribution < 1.29 is 9.47 Å². The second-order valence-electron chi connectivity index (χ2n) is 5.06.